The number of carboxylic acids is 2. The predicted octanol–water partition coefficient (Wildman–Crippen LogP) is -0.891. The molecule has 0 spiro atoms. The molecule has 0 saturated heterocycles. The first-order valence-corrected chi connectivity index (χ1v) is 11.4. The van der Waals surface area contributed by atoms with Crippen molar-refractivity contribution in [1.29, 1.82) is 0 Å². The Balaban J connectivity index is 2.76. The van der Waals surface area contributed by atoms with Gasteiger partial charge in [0.15, 0.2) is 0 Å². The Hall–Kier alpha value is -3.51. The van der Waals surface area contributed by atoms with Crippen molar-refractivity contribution in [3.8, 4) is 0 Å². The van der Waals surface area contributed by atoms with Gasteiger partial charge < -0.3 is 37.6 Å². The van der Waals surface area contributed by atoms with E-state index in [0.29, 0.717) is 19.4 Å². The second-order valence-electron chi connectivity index (χ2n) is 8.20. The van der Waals surface area contributed by atoms with Gasteiger partial charge in [0.25, 0.3) is 0 Å². The summed E-state index contributed by atoms with van der Waals surface area (Å²) in [6.45, 7) is 1.76. The quantitative estimate of drug-likeness (QED) is 0.142. The highest BCUT2D eigenvalue weighted by atomic mass is 16.4. The third-order valence-electron chi connectivity index (χ3n) is 5.23. The van der Waals surface area contributed by atoms with E-state index in [-0.39, 0.29) is 19.3 Å². The molecule has 4 atom stereocenters. The zero-order chi connectivity index (χ0) is 26.4. The van der Waals surface area contributed by atoms with Gasteiger partial charge in [0, 0.05) is 6.42 Å². The lowest BCUT2D eigenvalue weighted by atomic mass is 10.1. The van der Waals surface area contributed by atoms with Gasteiger partial charge in [-0.2, -0.15) is 0 Å². The summed E-state index contributed by atoms with van der Waals surface area (Å²) in [6.07, 6.45) is 0.714. The molecule has 0 radical (unpaired) electrons. The van der Waals surface area contributed by atoms with Crippen LogP contribution in [0.3, 0.4) is 0 Å². The van der Waals surface area contributed by atoms with Gasteiger partial charge in [-0.1, -0.05) is 30.3 Å². The van der Waals surface area contributed by atoms with Gasteiger partial charge >= 0.3 is 11.9 Å². The van der Waals surface area contributed by atoms with Crippen LogP contribution in [0.5, 0.6) is 0 Å². The maximum atomic E-state index is 12.7. The molecule has 0 aliphatic carbocycles. The van der Waals surface area contributed by atoms with E-state index in [4.69, 9.17) is 16.6 Å². The molecule has 12 heteroatoms. The van der Waals surface area contributed by atoms with Crippen LogP contribution >= 0.6 is 0 Å². The summed E-state index contributed by atoms with van der Waals surface area (Å²) < 4.78 is 0. The molecule has 1 aromatic rings. The maximum Gasteiger partial charge on any atom is 0.326 e. The van der Waals surface area contributed by atoms with E-state index >= 15 is 0 Å². The van der Waals surface area contributed by atoms with Gasteiger partial charge in [0.05, 0.1) is 6.04 Å². The number of rotatable bonds is 16. The van der Waals surface area contributed by atoms with Crippen molar-refractivity contribution < 1.29 is 34.2 Å². The van der Waals surface area contributed by atoms with E-state index in [2.05, 4.69) is 16.0 Å². The summed E-state index contributed by atoms with van der Waals surface area (Å²) in [5.41, 5.74) is 12.2. The SMILES string of the molecule is CC(NC(=O)C(N)Cc1ccccc1)C(=O)NC(CCC(=O)O)C(=O)NC(CCCCN)C(=O)O. The first-order chi connectivity index (χ1) is 16.5. The van der Waals surface area contributed by atoms with Crippen LogP contribution in [0.4, 0.5) is 0 Å². The molecular formula is C23H35N5O7. The highest BCUT2D eigenvalue weighted by Crippen LogP contribution is 2.05. The summed E-state index contributed by atoms with van der Waals surface area (Å²) in [5, 5.41) is 25.5. The third-order valence-corrected chi connectivity index (χ3v) is 5.23. The van der Waals surface area contributed by atoms with E-state index in [1.165, 1.54) is 6.92 Å². The Bertz CT molecular complexity index is 865. The summed E-state index contributed by atoms with van der Waals surface area (Å²) in [6, 6.07) is 4.56. The van der Waals surface area contributed by atoms with Crippen LogP contribution in [-0.2, 0) is 30.4 Å². The smallest absolute Gasteiger partial charge is 0.326 e. The topological polar surface area (TPSA) is 214 Å². The van der Waals surface area contributed by atoms with Crippen molar-refractivity contribution in [2.75, 3.05) is 6.54 Å². The molecule has 0 aliphatic rings. The fraction of sp³-hybridized carbons (Fsp3) is 0.522. The Morgan fingerprint density at radius 1 is 0.857 bits per heavy atom. The standard InChI is InChI=1S/C23H35N5O7/c1-14(26-21(32)16(25)13-15-7-3-2-4-8-15)20(31)27-17(10-11-19(29)30)22(33)28-18(23(34)35)9-5-6-12-24/h2-4,7-8,14,16-18H,5-6,9-13,24-25H2,1H3,(H,26,32)(H,27,31)(H,28,33)(H,29,30)(H,34,35). The molecular weight excluding hydrogens is 458 g/mol. The van der Waals surface area contributed by atoms with Crippen molar-refractivity contribution in [3.63, 3.8) is 0 Å². The van der Waals surface area contributed by atoms with E-state index in [1.807, 2.05) is 30.3 Å². The molecule has 0 fully saturated rings. The van der Waals surface area contributed by atoms with Gasteiger partial charge in [-0.05, 0) is 51.1 Å². The summed E-state index contributed by atoms with van der Waals surface area (Å²) >= 11 is 0. The fourth-order valence-electron chi connectivity index (χ4n) is 3.20. The minimum absolute atomic E-state index is 0.129. The number of carboxylic acid groups (broad SMARTS) is 2. The molecule has 0 bridgehead atoms. The van der Waals surface area contributed by atoms with Gasteiger partial charge in [-0.3, -0.25) is 19.2 Å². The second kappa shape index (κ2) is 15.4. The Morgan fingerprint density at radius 2 is 1.49 bits per heavy atom. The monoisotopic (exact) mass is 493 g/mol. The van der Waals surface area contributed by atoms with Crippen molar-refractivity contribution in [2.45, 2.75) is 69.6 Å². The number of carbonyl (C=O) groups is 5. The molecule has 0 aromatic heterocycles. The zero-order valence-corrected chi connectivity index (χ0v) is 19.7. The number of amides is 3. The molecule has 4 unspecified atom stereocenters. The Morgan fingerprint density at radius 3 is 2.06 bits per heavy atom. The van der Waals surface area contributed by atoms with Gasteiger partial charge in [0.1, 0.15) is 18.1 Å². The second-order valence-corrected chi connectivity index (χ2v) is 8.20. The lowest BCUT2D eigenvalue weighted by Gasteiger charge is -2.23. The molecule has 1 rings (SSSR count). The van der Waals surface area contributed by atoms with Crippen LogP contribution in [0.25, 0.3) is 0 Å². The normalized spacial score (nSPS) is 14.1. The highest BCUT2D eigenvalue weighted by Gasteiger charge is 2.29. The lowest BCUT2D eigenvalue weighted by Crippen LogP contribution is -2.56. The van der Waals surface area contributed by atoms with Crippen LogP contribution in [-0.4, -0.2) is 70.6 Å². The average Bonchev–Trinajstić information content (AvgIpc) is 2.81. The van der Waals surface area contributed by atoms with Gasteiger partial charge in [-0.15, -0.1) is 0 Å². The molecule has 0 saturated carbocycles. The number of hydrogen-bond donors (Lipinski definition) is 7. The number of unbranched alkanes of at least 4 members (excludes halogenated alkanes) is 1. The van der Waals surface area contributed by atoms with Gasteiger partial charge in [0.2, 0.25) is 17.7 Å². The molecule has 9 N–H and O–H groups in total. The summed E-state index contributed by atoms with van der Waals surface area (Å²) in [4.78, 5) is 60.2. The van der Waals surface area contributed by atoms with Crippen molar-refractivity contribution in [1.82, 2.24) is 16.0 Å². The maximum absolute atomic E-state index is 12.7. The first kappa shape index (κ1) is 29.5. The molecule has 35 heavy (non-hydrogen) atoms. The highest BCUT2D eigenvalue weighted by molar-refractivity contribution is 5.94. The fourth-order valence-corrected chi connectivity index (χ4v) is 3.20. The number of hydrogen-bond acceptors (Lipinski definition) is 7. The van der Waals surface area contributed by atoms with Crippen LogP contribution in [0.1, 0.15) is 44.6 Å². The molecule has 194 valence electrons. The van der Waals surface area contributed by atoms with E-state index in [0.717, 1.165) is 5.56 Å². The zero-order valence-electron chi connectivity index (χ0n) is 19.7. The van der Waals surface area contributed by atoms with E-state index in [9.17, 15) is 29.1 Å². The van der Waals surface area contributed by atoms with E-state index < -0.39 is 60.2 Å². The van der Waals surface area contributed by atoms with Crippen LogP contribution < -0.4 is 27.4 Å². The van der Waals surface area contributed by atoms with Crippen molar-refractivity contribution in [2.24, 2.45) is 11.5 Å². The first-order valence-electron chi connectivity index (χ1n) is 11.4. The average molecular weight is 494 g/mol. The van der Waals surface area contributed by atoms with Crippen molar-refractivity contribution >= 4 is 29.7 Å². The molecule has 3 amide bonds. The molecule has 12 nitrogen and oxygen atoms in total. The van der Waals surface area contributed by atoms with E-state index in [1.54, 1.807) is 0 Å². The van der Waals surface area contributed by atoms with Crippen LogP contribution in [0.2, 0.25) is 0 Å². The van der Waals surface area contributed by atoms with Gasteiger partial charge in [-0.25, -0.2) is 4.79 Å². The number of benzene rings is 1. The summed E-state index contributed by atoms with van der Waals surface area (Å²) in [5.74, 6) is -4.60. The van der Waals surface area contributed by atoms with Crippen molar-refractivity contribution in [3.05, 3.63) is 35.9 Å². The molecule has 0 aliphatic heterocycles. The largest absolute Gasteiger partial charge is 0.481 e. The lowest BCUT2D eigenvalue weighted by molar-refractivity contribution is -0.143. The minimum Gasteiger partial charge on any atom is -0.481 e. The van der Waals surface area contributed by atoms with Crippen LogP contribution in [0.15, 0.2) is 30.3 Å². The number of aliphatic carboxylic acids is 2. The predicted molar refractivity (Wildman–Crippen MR) is 127 cm³/mol. The number of nitrogens with two attached hydrogens (primary N) is 2. The number of carbonyl (C=O) groups excluding carboxylic acids is 3. The Labute approximate surface area is 203 Å². The third kappa shape index (κ3) is 11.5. The minimum atomic E-state index is -1.31. The molecule has 0 heterocycles. The Kier molecular flexibility index (Phi) is 13.0. The number of nitrogens with one attached hydrogen (secondary N) is 3. The summed E-state index contributed by atoms with van der Waals surface area (Å²) in [7, 11) is 0. The molecule has 1 aromatic carbocycles. The van der Waals surface area contributed by atoms with Crippen LogP contribution in [0, 0.1) is 0 Å².